The molecular formula is C63H41N5. The van der Waals surface area contributed by atoms with Crippen molar-refractivity contribution in [2.24, 2.45) is 0 Å². The van der Waals surface area contributed by atoms with E-state index in [1.807, 2.05) is 42.6 Å². The van der Waals surface area contributed by atoms with E-state index in [-0.39, 0.29) is 0 Å². The topological polar surface area (TPSA) is 56.5 Å². The molecule has 0 atom stereocenters. The summed E-state index contributed by atoms with van der Waals surface area (Å²) in [5.41, 5.74) is 19.6. The first kappa shape index (κ1) is 39.3. The van der Waals surface area contributed by atoms with Crippen LogP contribution in [-0.4, -0.2) is 24.5 Å². The van der Waals surface area contributed by atoms with E-state index >= 15 is 0 Å². The molecule has 0 spiro atoms. The van der Waals surface area contributed by atoms with Crippen LogP contribution in [0.2, 0.25) is 0 Å². The second-order valence-electron chi connectivity index (χ2n) is 17.4. The van der Waals surface area contributed by atoms with E-state index in [1.165, 1.54) is 44.1 Å². The lowest BCUT2D eigenvalue weighted by molar-refractivity contribution is 1.07. The van der Waals surface area contributed by atoms with Crippen molar-refractivity contribution in [3.63, 3.8) is 0 Å². The summed E-state index contributed by atoms with van der Waals surface area (Å²) >= 11 is 0. The van der Waals surface area contributed by atoms with Crippen LogP contribution in [-0.2, 0) is 6.42 Å². The van der Waals surface area contributed by atoms with Gasteiger partial charge < -0.3 is 4.57 Å². The van der Waals surface area contributed by atoms with Gasteiger partial charge in [0.05, 0.1) is 16.7 Å². The van der Waals surface area contributed by atoms with E-state index in [0.717, 1.165) is 73.4 Å². The number of benzene rings is 9. The Labute approximate surface area is 394 Å². The third-order valence-corrected chi connectivity index (χ3v) is 13.3. The molecule has 12 aromatic rings. The number of pyridine rings is 1. The maximum absolute atomic E-state index is 5.45. The third-order valence-electron chi connectivity index (χ3n) is 13.3. The number of rotatable bonds is 8. The van der Waals surface area contributed by atoms with Crippen molar-refractivity contribution in [2.45, 2.75) is 6.42 Å². The van der Waals surface area contributed by atoms with E-state index in [2.05, 4.69) is 199 Å². The molecule has 0 fully saturated rings. The molecule has 0 saturated carbocycles. The average Bonchev–Trinajstić information content (AvgIpc) is 3.95. The predicted molar refractivity (Wildman–Crippen MR) is 278 cm³/mol. The van der Waals surface area contributed by atoms with Crippen molar-refractivity contribution in [3.05, 3.63) is 248 Å². The Kier molecular flexibility index (Phi) is 9.50. The zero-order valence-electron chi connectivity index (χ0n) is 37.0. The van der Waals surface area contributed by atoms with Crippen molar-refractivity contribution in [2.75, 3.05) is 0 Å². The average molecular weight is 868 g/mol. The Morgan fingerprint density at radius 3 is 1.54 bits per heavy atom. The van der Waals surface area contributed by atoms with E-state index in [4.69, 9.17) is 19.9 Å². The summed E-state index contributed by atoms with van der Waals surface area (Å²) in [5.74, 6) is 1.75. The van der Waals surface area contributed by atoms with Gasteiger partial charge in [-0.05, 0) is 105 Å². The third kappa shape index (κ3) is 6.88. The molecule has 318 valence electrons. The lowest BCUT2D eigenvalue weighted by atomic mass is 9.90. The van der Waals surface area contributed by atoms with Crippen LogP contribution in [0.5, 0.6) is 0 Å². The molecule has 3 heterocycles. The normalized spacial score (nSPS) is 11.8. The maximum atomic E-state index is 5.45. The zero-order valence-corrected chi connectivity index (χ0v) is 37.0. The Morgan fingerprint density at radius 2 is 0.853 bits per heavy atom. The molecule has 68 heavy (non-hydrogen) atoms. The summed E-state index contributed by atoms with van der Waals surface area (Å²) in [6.07, 6.45) is 2.88. The molecule has 0 amide bonds. The fourth-order valence-corrected chi connectivity index (χ4v) is 10.1. The van der Waals surface area contributed by atoms with E-state index in [9.17, 15) is 0 Å². The summed E-state index contributed by atoms with van der Waals surface area (Å²) in [6, 6.07) is 81.5. The molecule has 0 aliphatic heterocycles. The molecule has 13 rings (SSSR count). The van der Waals surface area contributed by atoms with Gasteiger partial charge in [-0.15, -0.1) is 0 Å². The summed E-state index contributed by atoms with van der Waals surface area (Å²) in [7, 11) is 0. The Bertz CT molecular complexity index is 3790. The molecule has 1 aliphatic rings. The first-order chi connectivity index (χ1) is 33.7. The van der Waals surface area contributed by atoms with Gasteiger partial charge in [0.2, 0.25) is 0 Å². The monoisotopic (exact) mass is 867 g/mol. The molecule has 0 N–H and O–H groups in total. The molecule has 5 nitrogen and oxygen atoms in total. The van der Waals surface area contributed by atoms with Crippen LogP contribution in [0.15, 0.2) is 237 Å². The van der Waals surface area contributed by atoms with Gasteiger partial charge in [0.15, 0.2) is 17.5 Å². The smallest absolute Gasteiger partial charge is 0.166 e. The van der Waals surface area contributed by atoms with Crippen molar-refractivity contribution >= 4 is 21.8 Å². The number of fused-ring (bicyclic) bond motifs is 6. The minimum Gasteiger partial charge on any atom is -0.309 e. The summed E-state index contributed by atoms with van der Waals surface area (Å²) in [6.45, 7) is 0. The minimum absolute atomic E-state index is 0.553. The van der Waals surface area contributed by atoms with Gasteiger partial charge >= 0.3 is 0 Å². The van der Waals surface area contributed by atoms with Gasteiger partial charge in [-0.3, -0.25) is 4.98 Å². The molecule has 1 aliphatic carbocycles. The summed E-state index contributed by atoms with van der Waals surface area (Å²) in [4.78, 5) is 21.1. The standard InChI is InChI=1S/C63H41N5/c1-6-18-41(19-7-1)45-32-33-51(42-20-8-2-9-21-42)54(35-45)49-38-57(63-66-61(43-22-10-3-11-23-43)65-62(67-63)44-24-12-4-13-25-44)60(64-40-49)47-31-30-46-34-48-37-56-52-28-16-17-29-58(52)68(50-26-14-5-15-27-50)59(56)39-55(48)53(46)36-47/h1-33,35-40H,34H2. The fourth-order valence-electron chi connectivity index (χ4n) is 10.1. The van der Waals surface area contributed by atoms with Gasteiger partial charge in [-0.1, -0.05) is 182 Å². The zero-order chi connectivity index (χ0) is 45.0. The van der Waals surface area contributed by atoms with Crippen LogP contribution < -0.4 is 0 Å². The first-order valence-electron chi connectivity index (χ1n) is 23.1. The minimum atomic E-state index is 0.553. The largest absolute Gasteiger partial charge is 0.309 e. The number of nitrogens with zero attached hydrogens (tertiary/aromatic N) is 5. The SMILES string of the molecule is c1ccc(-c2ccc(-c3ccccc3)c(-c3cnc(-c4ccc5c(c4)-c4cc6c(cc4C5)c4ccccc4n6-c4ccccc4)c(-c4nc(-c5ccccc5)nc(-c5ccccc5)n4)c3)c2)cc1. The summed E-state index contributed by atoms with van der Waals surface area (Å²) in [5, 5.41) is 2.52. The van der Waals surface area contributed by atoms with Crippen LogP contribution in [0.25, 0.3) is 117 Å². The van der Waals surface area contributed by atoms with Gasteiger partial charge in [0, 0.05) is 50.5 Å². The van der Waals surface area contributed by atoms with Gasteiger partial charge in [0.25, 0.3) is 0 Å². The van der Waals surface area contributed by atoms with Gasteiger partial charge in [0.1, 0.15) is 0 Å². The fraction of sp³-hybridized carbons (Fsp3) is 0.0159. The van der Waals surface area contributed by atoms with E-state index in [0.29, 0.717) is 17.5 Å². The van der Waals surface area contributed by atoms with Crippen molar-refractivity contribution in [1.29, 1.82) is 0 Å². The van der Waals surface area contributed by atoms with Crippen molar-refractivity contribution in [1.82, 2.24) is 24.5 Å². The van der Waals surface area contributed by atoms with Gasteiger partial charge in [-0.2, -0.15) is 0 Å². The Balaban J connectivity index is 1.04. The number of hydrogen-bond donors (Lipinski definition) is 0. The molecule has 9 aromatic carbocycles. The predicted octanol–water partition coefficient (Wildman–Crippen LogP) is 15.6. The lowest BCUT2D eigenvalue weighted by Gasteiger charge is -2.17. The highest BCUT2D eigenvalue weighted by atomic mass is 15.0. The van der Waals surface area contributed by atoms with Gasteiger partial charge in [-0.25, -0.2) is 15.0 Å². The Hall–Kier alpha value is -9.06. The highest BCUT2D eigenvalue weighted by Crippen LogP contribution is 2.45. The number of aromatic nitrogens is 5. The Morgan fingerprint density at radius 1 is 0.309 bits per heavy atom. The molecule has 0 radical (unpaired) electrons. The van der Waals surface area contributed by atoms with Crippen LogP contribution in [0, 0.1) is 0 Å². The van der Waals surface area contributed by atoms with Crippen LogP contribution in [0.4, 0.5) is 0 Å². The van der Waals surface area contributed by atoms with Crippen LogP contribution in [0.3, 0.4) is 0 Å². The highest BCUT2D eigenvalue weighted by molar-refractivity contribution is 6.11. The molecule has 0 saturated heterocycles. The second-order valence-corrected chi connectivity index (χ2v) is 17.4. The molecule has 0 unspecified atom stereocenters. The molecular weight excluding hydrogens is 827 g/mol. The number of hydrogen-bond acceptors (Lipinski definition) is 4. The lowest BCUT2D eigenvalue weighted by Crippen LogP contribution is -2.02. The molecule has 0 bridgehead atoms. The summed E-state index contributed by atoms with van der Waals surface area (Å²) < 4.78 is 2.40. The maximum Gasteiger partial charge on any atom is 0.166 e. The second kappa shape index (κ2) is 16.4. The molecule has 3 aromatic heterocycles. The van der Waals surface area contributed by atoms with E-state index < -0.39 is 0 Å². The highest BCUT2D eigenvalue weighted by Gasteiger charge is 2.25. The van der Waals surface area contributed by atoms with Crippen LogP contribution in [0.1, 0.15) is 11.1 Å². The van der Waals surface area contributed by atoms with E-state index in [1.54, 1.807) is 0 Å². The first-order valence-corrected chi connectivity index (χ1v) is 23.1. The quantitative estimate of drug-likeness (QED) is 0.153. The molecule has 5 heteroatoms. The van der Waals surface area contributed by atoms with Crippen LogP contribution >= 0.6 is 0 Å². The van der Waals surface area contributed by atoms with Crippen molar-refractivity contribution < 1.29 is 0 Å². The number of para-hydroxylation sites is 2. The van der Waals surface area contributed by atoms with Crippen molar-refractivity contribution in [3.8, 4) is 95.6 Å².